The van der Waals surface area contributed by atoms with E-state index in [0.29, 0.717) is 27.5 Å². The van der Waals surface area contributed by atoms with Crippen LogP contribution in [0, 0.1) is 5.92 Å². The third kappa shape index (κ3) is 4.62. The molecule has 0 saturated heterocycles. The number of carbonyl (C=O) groups is 1. The summed E-state index contributed by atoms with van der Waals surface area (Å²) < 4.78 is 13.0. The Labute approximate surface area is 124 Å². The van der Waals surface area contributed by atoms with Gasteiger partial charge in [-0.15, -0.1) is 0 Å². The number of hydrogen-bond acceptors (Lipinski definition) is 3. The molecule has 106 valence electrons. The molecule has 0 bridgehead atoms. The summed E-state index contributed by atoms with van der Waals surface area (Å²) in [6, 6.07) is 5.05. The highest BCUT2D eigenvalue weighted by molar-refractivity contribution is 9.10. The average molecular weight is 347 g/mol. The van der Waals surface area contributed by atoms with Crippen molar-refractivity contribution in [3.05, 3.63) is 22.7 Å². The number of hydrogen-bond donors (Lipinski definition) is 2. The van der Waals surface area contributed by atoms with E-state index in [9.17, 15) is 9.00 Å². The molecule has 0 spiro atoms. The molecule has 0 aliphatic rings. The lowest BCUT2D eigenvalue weighted by atomic mass is 10.2. The Morgan fingerprint density at radius 1 is 1.42 bits per heavy atom. The van der Waals surface area contributed by atoms with E-state index in [-0.39, 0.29) is 5.91 Å². The maximum absolute atomic E-state index is 12.3. The molecule has 1 aromatic rings. The van der Waals surface area contributed by atoms with Crippen molar-refractivity contribution in [2.75, 3.05) is 12.3 Å². The average Bonchev–Trinajstić information content (AvgIpc) is 2.34. The number of rotatable bonds is 5. The molecular formula is C13H19BrN2O2S. The minimum absolute atomic E-state index is 0.198. The second-order valence-electron chi connectivity index (χ2n) is 4.77. The lowest BCUT2D eigenvalue weighted by Gasteiger charge is -2.14. The number of carbonyl (C=O) groups excluding carboxylic acids is 1. The van der Waals surface area contributed by atoms with E-state index < -0.39 is 16.0 Å². The third-order valence-corrected chi connectivity index (χ3v) is 5.11. The van der Waals surface area contributed by atoms with Crippen LogP contribution in [-0.4, -0.2) is 21.9 Å². The van der Waals surface area contributed by atoms with E-state index in [1.165, 1.54) is 0 Å². The molecule has 6 heteroatoms. The molecule has 1 amide bonds. The SMILES string of the molecule is CC(C)CNC(=O)C(C)S(=O)c1ccc(N)cc1Br. The largest absolute Gasteiger partial charge is 0.399 e. The van der Waals surface area contributed by atoms with E-state index in [0.717, 1.165) is 0 Å². The first-order chi connectivity index (χ1) is 8.82. The molecule has 1 aromatic carbocycles. The van der Waals surface area contributed by atoms with Gasteiger partial charge in [0.2, 0.25) is 5.91 Å². The van der Waals surface area contributed by atoms with Gasteiger partial charge >= 0.3 is 0 Å². The van der Waals surface area contributed by atoms with Crippen LogP contribution in [-0.2, 0) is 15.6 Å². The van der Waals surface area contributed by atoms with Crippen LogP contribution in [0.5, 0.6) is 0 Å². The second-order valence-corrected chi connectivity index (χ2v) is 7.36. The van der Waals surface area contributed by atoms with Gasteiger partial charge in [0.25, 0.3) is 0 Å². The second kappa shape index (κ2) is 7.05. The number of benzene rings is 1. The highest BCUT2D eigenvalue weighted by Gasteiger charge is 2.22. The van der Waals surface area contributed by atoms with Crippen molar-refractivity contribution in [3.8, 4) is 0 Å². The topological polar surface area (TPSA) is 72.2 Å². The molecule has 2 atom stereocenters. The zero-order chi connectivity index (χ0) is 14.6. The molecule has 19 heavy (non-hydrogen) atoms. The number of halogens is 1. The number of nitrogens with one attached hydrogen (secondary N) is 1. The Kier molecular flexibility index (Phi) is 6.00. The van der Waals surface area contributed by atoms with Crippen LogP contribution in [0.25, 0.3) is 0 Å². The standard InChI is InChI=1S/C13H19BrN2O2S/c1-8(2)7-16-13(17)9(3)19(18)12-5-4-10(15)6-11(12)14/h4-6,8-9H,7,15H2,1-3H3,(H,16,17). The van der Waals surface area contributed by atoms with Crippen molar-refractivity contribution < 1.29 is 9.00 Å². The van der Waals surface area contributed by atoms with Crippen LogP contribution in [0.4, 0.5) is 5.69 Å². The van der Waals surface area contributed by atoms with Crippen LogP contribution >= 0.6 is 15.9 Å². The van der Waals surface area contributed by atoms with Crippen LogP contribution in [0.3, 0.4) is 0 Å². The Morgan fingerprint density at radius 2 is 2.05 bits per heavy atom. The first-order valence-electron chi connectivity index (χ1n) is 6.06. The van der Waals surface area contributed by atoms with Crippen molar-refractivity contribution in [2.45, 2.75) is 30.9 Å². The fourth-order valence-corrected chi connectivity index (χ4v) is 3.40. The van der Waals surface area contributed by atoms with Crippen molar-refractivity contribution in [1.82, 2.24) is 5.32 Å². The van der Waals surface area contributed by atoms with E-state index in [1.54, 1.807) is 25.1 Å². The van der Waals surface area contributed by atoms with Gasteiger partial charge in [0.1, 0.15) is 5.25 Å². The molecule has 0 saturated carbocycles. The normalized spacial score (nSPS) is 14.2. The Balaban J connectivity index is 2.79. The van der Waals surface area contributed by atoms with Crippen LogP contribution in [0.15, 0.2) is 27.6 Å². The first kappa shape index (κ1) is 16.2. The number of nitrogen functional groups attached to an aromatic ring is 1. The molecular weight excluding hydrogens is 328 g/mol. The molecule has 1 rings (SSSR count). The zero-order valence-corrected chi connectivity index (χ0v) is 13.7. The highest BCUT2D eigenvalue weighted by Crippen LogP contribution is 2.24. The summed E-state index contributed by atoms with van der Waals surface area (Å²) in [6.07, 6.45) is 0. The summed E-state index contributed by atoms with van der Waals surface area (Å²) in [7, 11) is -1.41. The van der Waals surface area contributed by atoms with Crippen LogP contribution < -0.4 is 11.1 Å². The fraction of sp³-hybridized carbons (Fsp3) is 0.462. The van der Waals surface area contributed by atoms with Gasteiger partial charge in [-0.1, -0.05) is 13.8 Å². The smallest absolute Gasteiger partial charge is 0.235 e. The van der Waals surface area contributed by atoms with Crippen LogP contribution in [0.2, 0.25) is 0 Å². The van der Waals surface area contributed by atoms with Crippen molar-refractivity contribution >= 4 is 38.3 Å². The van der Waals surface area contributed by atoms with E-state index in [2.05, 4.69) is 21.2 Å². The molecule has 3 N–H and O–H groups in total. The van der Waals surface area contributed by atoms with Gasteiger partial charge in [0.15, 0.2) is 0 Å². The predicted molar refractivity (Wildman–Crippen MR) is 82.3 cm³/mol. The number of nitrogens with two attached hydrogens (primary N) is 1. The van der Waals surface area contributed by atoms with Gasteiger partial charge in [0, 0.05) is 16.7 Å². The van der Waals surface area contributed by atoms with Gasteiger partial charge in [0.05, 0.1) is 15.7 Å². The van der Waals surface area contributed by atoms with E-state index in [4.69, 9.17) is 5.73 Å². The fourth-order valence-electron chi connectivity index (χ4n) is 1.42. The summed E-state index contributed by atoms with van der Waals surface area (Å²) in [5.41, 5.74) is 6.22. The van der Waals surface area contributed by atoms with Gasteiger partial charge in [-0.2, -0.15) is 0 Å². The van der Waals surface area contributed by atoms with Gasteiger partial charge < -0.3 is 11.1 Å². The highest BCUT2D eigenvalue weighted by atomic mass is 79.9. The molecule has 0 radical (unpaired) electrons. The molecule has 2 unspecified atom stereocenters. The number of amides is 1. The van der Waals surface area contributed by atoms with Gasteiger partial charge in [-0.3, -0.25) is 9.00 Å². The van der Waals surface area contributed by atoms with Gasteiger partial charge in [-0.25, -0.2) is 0 Å². The maximum atomic E-state index is 12.3. The minimum Gasteiger partial charge on any atom is -0.399 e. The molecule has 0 aliphatic heterocycles. The van der Waals surface area contributed by atoms with E-state index in [1.807, 2.05) is 13.8 Å². The molecule has 0 aliphatic carbocycles. The third-order valence-electron chi connectivity index (χ3n) is 2.55. The molecule has 0 heterocycles. The monoisotopic (exact) mass is 346 g/mol. The minimum atomic E-state index is -1.41. The van der Waals surface area contributed by atoms with Crippen LogP contribution in [0.1, 0.15) is 20.8 Å². The van der Waals surface area contributed by atoms with Crippen molar-refractivity contribution in [2.24, 2.45) is 5.92 Å². The molecule has 0 aromatic heterocycles. The van der Waals surface area contributed by atoms with Crippen molar-refractivity contribution in [3.63, 3.8) is 0 Å². The van der Waals surface area contributed by atoms with E-state index >= 15 is 0 Å². The molecule has 0 fully saturated rings. The van der Waals surface area contributed by atoms with Crippen molar-refractivity contribution in [1.29, 1.82) is 0 Å². The quantitative estimate of drug-likeness (QED) is 0.803. The van der Waals surface area contributed by atoms with Gasteiger partial charge in [-0.05, 0) is 47.0 Å². The summed E-state index contributed by atoms with van der Waals surface area (Å²) >= 11 is 3.32. The number of anilines is 1. The Morgan fingerprint density at radius 3 is 2.58 bits per heavy atom. The summed E-state index contributed by atoms with van der Waals surface area (Å²) in [4.78, 5) is 12.5. The predicted octanol–water partition coefficient (Wildman–Crippen LogP) is 2.30. The Hall–Kier alpha value is -0.880. The summed E-state index contributed by atoms with van der Waals surface area (Å²) in [5.74, 6) is 0.170. The summed E-state index contributed by atoms with van der Waals surface area (Å²) in [6.45, 7) is 6.27. The zero-order valence-electron chi connectivity index (χ0n) is 11.3. The lowest BCUT2D eigenvalue weighted by Crippen LogP contribution is -2.37. The first-order valence-corrected chi connectivity index (χ1v) is 8.06. The summed E-state index contributed by atoms with van der Waals surface area (Å²) in [5, 5.41) is 2.19. The molecule has 4 nitrogen and oxygen atoms in total. The Bertz CT molecular complexity index is 492. The maximum Gasteiger partial charge on any atom is 0.235 e. The lowest BCUT2D eigenvalue weighted by molar-refractivity contribution is -0.120.